The van der Waals surface area contributed by atoms with Crippen LogP contribution in [0.5, 0.6) is 0 Å². The molecule has 2 amide bonds. The number of hydrogen-bond donors (Lipinski definition) is 0. The number of carbonyl (C=O) groups is 2. The molecule has 0 spiro atoms. The molecule has 144 valence electrons. The van der Waals surface area contributed by atoms with Crippen LogP contribution in [0.15, 0.2) is 28.7 Å². The van der Waals surface area contributed by atoms with Crippen LogP contribution in [0.2, 0.25) is 0 Å². The van der Waals surface area contributed by atoms with Crippen LogP contribution in [0.4, 0.5) is 0 Å². The van der Waals surface area contributed by atoms with Gasteiger partial charge in [-0.05, 0) is 43.5 Å². The van der Waals surface area contributed by atoms with E-state index in [1.54, 1.807) is 0 Å². The maximum atomic E-state index is 12.5. The predicted octanol–water partition coefficient (Wildman–Crippen LogP) is 3.69. The Morgan fingerprint density at radius 3 is 2.44 bits per heavy atom. The summed E-state index contributed by atoms with van der Waals surface area (Å²) in [5.41, 5.74) is 0. The number of furan rings is 1. The van der Waals surface area contributed by atoms with Crippen molar-refractivity contribution in [2.75, 3.05) is 26.2 Å². The second kappa shape index (κ2) is 7.50. The Kier molecular flexibility index (Phi) is 5.08. The van der Waals surface area contributed by atoms with Gasteiger partial charge in [-0.1, -0.05) is 6.92 Å². The molecule has 2 unspecified atom stereocenters. The lowest BCUT2D eigenvalue weighted by Gasteiger charge is -2.34. The maximum Gasteiger partial charge on any atom is 0.264 e. The molecule has 0 N–H and O–H groups in total. The first-order chi connectivity index (χ1) is 13.0. The van der Waals surface area contributed by atoms with E-state index in [4.69, 9.17) is 4.42 Å². The minimum Gasteiger partial charge on any atom is -0.466 e. The summed E-state index contributed by atoms with van der Waals surface area (Å²) in [6, 6.07) is 7.93. The summed E-state index contributed by atoms with van der Waals surface area (Å²) in [6.07, 6.45) is 2.32. The van der Waals surface area contributed by atoms with E-state index in [0.717, 1.165) is 27.2 Å². The highest BCUT2D eigenvalue weighted by atomic mass is 32.1. The fraction of sp³-hybridized carbons (Fsp3) is 0.524. The van der Waals surface area contributed by atoms with Crippen LogP contribution in [0.25, 0.3) is 0 Å². The third-order valence-electron chi connectivity index (χ3n) is 5.61. The summed E-state index contributed by atoms with van der Waals surface area (Å²) >= 11 is 1.53. The Labute approximate surface area is 163 Å². The number of piperazine rings is 1. The number of amides is 2. The van der Waals surface area contributed by atoms with Crippen LogP contribution >= 0.6 is 11.3 Å². The fourth-order valence-corrected chi connectivity index (χ4v) is 4.53. The average molecular weight is 387 g/mol. The van der Waals surface area contributed by atoms with Gasteiger partial charge in [-0.15, -0.1) is 11.3 Å². The number of thiophene rings is 1. The third kappa shape index (κ3) is 4.10. The molecule has 0 radical (unpaired) electrons. The average Bonchev–Trinajstić information content (AvgIpc) is 3.07. The Bertz CT molecular complexity index is 832. The van der Waals surface area contributed by atoms with Crippen LogP contribution in [0.1, 0.15) is 51.8 Å². The van der Waals surface area contributed by atoms with Gasteiger partial charge in [-0.3, -0.25) is 9.59 Å². The smallest absolute Gasteiger partial charge is 0.264 e. The molecule has 0 aromatic carbocycles. The van der Waals surface area contributed by atoms with Crippen molar-refractivity contribution in [3.05, 3.63) is 45.5 Å². The maximum absolute atomic E-state index is 12.5. The highest BCUT2D eigenvalue weighted by Gasteiger charge is 2.36. The van der Waals surface area contributed by atoms with Crippen molar-refractivity contribution in [1.82, 2.24) is 9.80 Å². The van der Waals surface area contributed by atoms with Gasteiger partial charge in [0.1, 0.15) is 11.5 Å². The monoisotopic (exact) mass is 386 g/mol. The summed E-state index contributed by atoms with van der Waals surface area (Å²) in [5.74, 6) is 3.50. The summed E-state index contributed by atoms with van der Waals surface area (Å²) < 4.78 is 5.89. The molecule has 27 heavy (non-hydrogen) atoms. The van der Waals surface area contributed by atoms with E-state index in [9.17, 15) is 9.59 Å². The lowest BCUT2D eigenvalue weighted by molar-refractivity contribution is -0.132. The highest BCUT2D eigenvalue weighted by Crippen LogP contribution is 2.47. The normalized spacial score (nSPS) is 22.1. The standard InChI is InChI=1S/C21H26N2O3S/c1-14-13-17(14)18-6-4-16(26-18)5-8-20(24)22-9-11-23(12-10-22)21(25)19-7-3-15(2)27-19/h3-4,6-7,14,17H,5,8-13H2,1-2H3. The predicted molar refractivity (Wildman–Crippen MR) is 105 cm³/mol. The van der Waals surface area contributed by atoms with E-state index in [0.29, 0.717) is 44.9 Å². The van der Waals surface area contributed by atoms with Crippen LogP contribution in [-0.4, -0.2) is 47.8 Å². The topological polar surface area (TPSA) is 53.8 Å². The van der Waals surface area contributed by atoms with Crippen molar-refractivity contribution < 1.29 is 14.0 Å². The molecule has 2 aromatic heterocycles. The Morgan fingerprint density at radius 2 is 1.81 bits per heavy atom. The quantitative estimate of drug-likeness (QED) is 0.787. The first-order valence-electron chi connectivity index (χ1n) is 9.73. The van der Waals surface area contributed by atoms with Gasteiger partial charge < -0.3 is 14.2 Å². The largest absolute Gasteiger partial charge is 0.466 e. The molecule has 1 aliphatic carbocycles. The molecule has 0 bridgehead atoms. The molecule has 5 nitrogen and oxygen atoms in total. The number of carbonyl (C=O) groups excluding carboxylic acids is 2. The zero-order chi connectivity index (χ0) is 19.0. The molecule has 2 fully saturated rings. The number of hydrogen-bond acceptors (Lipinski definition) is 4. The van der Waals surface area contributed by atoms with Crippen molar-refractivity contribution in [3.63, 3.8) is 0 Å². The van der Waals surface area contributed by atoms with Gasteiger partial charge in [0, 0.05) is 49.8 Å². The summed E-state index contributed by atoms with van der Waals surface area (Å²) in [7, 11) is 0. The minimum atomic E-state index is 0.0811. The zero-order valence-corrected chi connectivity index (χ0v) is 16.8. The van der Waals surface area contributed by atoms with Crippen molar-refractivity contribution in [2.24, 2.45) is 5.92 Å². The summed E-state index contributed by atoms with van der Waals surface area (Å²) in [6.45, 7) is 6.67. The van der Waals surface area contributed by atoms with Crippen molar-refractivity contribution in [1.29, 1.82) is 0 Å². The first-order valence-corrected chi connectivity index (χ1v) is 10.5. The molecule has 1 saturated heterocycles. The third-order valence-corrected chi connectivity index (χ3v) is 6.60. The van der Waals surface area contributed by atoms with Crippen LogP contribution < -0.4 is 0 Å². The molecule has 6 heteroatoms. The number of aryl methyl sites for hydroxylation is 2. The SMILES string of the molecule is Cc1ccc(C(=O)N2CCN(C(=O)CCc3ccc(C4CC4C)o3)CC2)s1. The molecular formula is C21H26N2O3S. The van der Waals surface area contributed by atoms with Gasteiger partial charge in [-0.2, -0.15) is 0 Å². The van der Waals surface area contributed by atoms with E-state index in [1.807, 2.05) is 34.9 Å². The van der Waals surface area contributed by atoms with Crippen LogP contribution in [0.3, 0.4) is 0 Å². The lowest BCUT2D eigenvalue weighted by atomic mass is 10.2. The Hall–Kier alpha value is -2.08. The minimum absolute atomic E-state index is 0.0811. The molecule has 2 aliphatic rings. The second-order valence-electron chi connectivity index (χ2n) is 7.71. The van der Waals surface area contributed by atoms with Crippen LogP contribution in [-0.2, 0) is 11.2 Å². The molecule has 1 aliphatic heterocycles. The van der Waals surface area contributed by atoms with Crippen molar-refractivity contribution in [2.45, 2.75) is 39.0 Å². The Morgan fingerprint density at radius 1 is 1.11 bits per heavy atom. The van der Waals surface area contributed by atoms with E-state index in [1.165, 1.54) is 17.8 Å². The van der Waals surface area contributed by atoms with Crippen molar-refractivity contribution in [3.8, 4) is 0 Å². The fourth-order valence-electron chi connectivity index (χ4n) is 3.70. The van der Waals surface area contributed by atoms with Gasteiger partial charge in [0.2, 0.25) is 5.91 Å². The van der Waals surface area contributed by atoms with Gasteiger partial charge in [-0.25, -0.2) is 0 Å². The van der Waals surface area contributed by atoms with E-state index in [2.05, 4.69) is 13.0 Å². The first kappa shape index (κ1) is 18.3. The highest BCUT2D eigenvalue weighted by molar-refractivity contribution is 7.13. The molecule has 3 heterocycles. The summed E-state index contributed by atoms with van der Waals surface area (Å²) in [4.78, 5) is 30.7. The van der Waals surface area contributed by atoms with Gasteiger partial charge in [0.05, 0.1) is 4.88 Å². The second-order valence-corrected chi connectivity index (χ2v) is 8.99. The molecule has 2 aromatic rings. The van der Waals surface area contributed by atoms with E-state index in [-0.39, 0.29) is 11.8 Å². The number of nitrogens with zero attached hydrogens (tertiary/aromatic N) is 2. The van der Waals surface area contributed by atoms with Gasteiger partial charge in [0.25, 0.3) is 5.91 Å². The molecule has 2 atom stereocenters. The number of rotatable bonds is 5. The summed E-state index contributed by atoms with van der Waals surface area (Å²) in [5, 5.41) is 0. The Balaban J connectivity index is 1.24. The van der Waals surface area contributed by atoms with Crippen molar-refractivity contribution >= 4 is 23.2 Å². The van der Waals surface area contributed by atoms with Crippen LogP contribution in [0, 0.1) is 12.8 Å². The van der Waals surface area contributed by atoms with E-state index >= 15 is 0 Å². The molecule has 1 saturated carbocycles. The molecular weight excluding hydrogens is 360 g/mol. The van der Waals surface area contributed by atoms with E-state index < -0.39 is 0 Å². The van der Waals surface area contributed by atoms with Gasteiger partial charge >= 0.3 is 0 Å². The molecule has 4 rings (SSSR count). The lowest BCUT2D eigenvalue weighted by Crippen LogP contribution is -2.50. The van der Waals surface area contributed by atoms with Gasteiger partial charge in [0.15, 0.2) is 0 Å². The zero-order valence-electron chi connectivity index (χ0n) is 15.9.